The van der Waals surface area contributed by atoms with E-state index in [2.05, 4.69) is 35.5 Å². The Hall–Kier alpha value is -4.75. The average Bonchev–Trinajstić information content (AvgIpc) is 3.40. The topological polar surface area (TPSA) is 125 Å². The van der Waals surface area contributed by atoms with Crippen molar-refractivity contribution < 1.29 is 31.9 Å². The van der Waals surface area contributed by atoms with Crippen LogP contribution in [0.1, 0.15) is 34.0 Å². The summed E-state index contributed by atoms with van der Waals surface area (Å²) in [7, 11) is 1.46. The number of amides is 1. The third-order valence-electron chi connectivity index (χ3n) is 5.85. The molecule has 0 aliphatic rings. The number of alkyl halides is 4. The molecule has 0 aliphatic carbocycles. The standard InChI is InChI=1S/C27H25F4N7O3/c1-32-26(40)25-16-38(37-36-25)15-19(28)5-6-20-7-8-21(35-34-20)13-23(39)14-22-11-18(9-10-33-22)17-3-2-4-24(12-17)41-27(29,30)31/h2-4,7-12,16,19H,5-6,13-15H2,1H3,(H,32,40). The van der Waals surface area contributed by atoms with E-state index in [-0.39, 0.29) is 43.0 Å². The number of Topliss-reactive ketones (excluding diaryl/α,β-unsaturated/α-hetero) is 1. The van der Waals surface area contributed by atoms with Crippen LogP contribution in [0.4, 0.5) is 17.6 Å². The smallest absolute Gasteiger partial charge is 0.406 e. The van der Waals surface area contributed by atoms with Gasteiger partial charge in [-0.1, -0.05) is 17.3 Å². The van der Waals surface area contributed by atoms with Crippen molar-refractivity contribution in [3.8, 4) is 16.9 Å². The van der Waals surface area contributed by atoms with Crippen LogP contribution < -0.4 is 10.1 Å². The maximum Gasteiger partial charge on any atom is 0.573 e. The number of hydrogen-bond acceptors (Lipinski definition) is 8. The number of halogens is 4. The van der Waals surface area contributed by atoms with E-state index in [4.69, 9.17) is 0 Å². The monoisotopic (exact) mass is 571 g/mol. The molecule has 1 atom stereocenters. The van der Waals surface area contributed by atoms with Crippen molar-refractivity contribution >= 4 is 11.7 Å². The molecule has 0 aliphatic heterocycles. The van der Waals surface area contributed by atoms with Gasteiger partial charge in [0.1, 0.15) is 17.7 Å². The lowest BCUT2D eigenvalue weighted by atomic mass is 10.0. The fourth-order valence-electron chi connectivity index (χ4n) is 3.93. The Morgan fingerprint density at radius 3 is 2.44 bits per heavy atom. The Labute approximate surface area is 231 Å². The quantitative estimate of drug-likeness (QED) is 0.255. The summed E-state index contributed by atoms with van der Waals surface area (Å²) >= 11 is 0. The SMILES string of the molecule is CNC(=O)c1cn(CC(F)CCc2ccc(CC(=O)Cc3cc(-c4cccc(OC(F)(F)F)c4)ccn3)nn2)nn1. The van der Waals surface area contributed by atoms with E-state index < -0.39 is 18.4 Å². The number of aryl methyl sites for hydroxylation is 1. The van der Waals surface area contributed by atoms with Gasteiger partial charge < -0.3 is 10.1 Å². The summed E-state index contributed by atoms with van der Waals surface area (Å²) in [4.78, 5) is 28.4. The number of benzene rings is 1. The lowest BCUT2D eigenvalue weighted by Gasteiger charge is -2.10. The number of nitrogens with one attached hydrogen (secondary N) is 1. The van der Waals surface area contributed by atoms with Gasteiger partial charge in [-0.15, -0.1) is 18.3 Å². The van der Waals surface area contributed by atoms with Crippen LogP contribution in [0.15, 0.2) is 60.9 Å². The molecular weight excluding hydrogens is 546 g/mol. The van der Waals surface area contributed by atoms with Crippen LogP contribution >= 0.6 is 0 Å². The van der Waals surface area contributed by atoms with Crippen molar-refractivity contribution in [2.75, 3.05) is 7.05 Å². The minimum atomic E-state index is -4.80. The summed E-state index contributed by atoms with van der Waals surface area (Å²) in [5.74, 6) is -0.937. The number of hydrogen-bond donors (Lipinski definition) is 1. The van der Waals surface area contributed by atoms with Crippen LogP contribution in [0.25, 0.3) is 11.1 Å². The van der Waals surface area contributed by atoms with Gasteiger partial charge in [-0.3, -0.25) is 14.6 Å². The van der Waals surface area contributed by atoms with Crippen LogP contribution in [0.5, 0.6) is 5.75 Å². The molecule has 0 saturated heterocycles. The van der Waals surface area contributed by atoms with Crippen molar-refractivity contribution in [1.29, 1.82) is 0 Å². The highest BCUT2D eigenvalue weighted by molar-refractivity contribution is 5.91. The first-order valence-electron chi connectivity index (χ1n) is 12.5. The number of ether oxygens (including phenoxy) is 1. The Morgan fingerprint density at radius 1 is 0.976 bits per heavy atom. The van der Waals surface area contributed by atoms with Crippen molar-refractivity contribution in [3.63, 3.8) is 0 Å². The van der Waals surface area contributed by atoms with Crippen molar-refractivity contribution in [3.05, 3.63) is 83.7 Å². The van der Waals surface area contributed by atoms with E-state index in [0.717, 1.165) is 0 Å². The molecule has 0 fully saturated rings. The second-order valence-corrected chi connectivity index (χ2v) is 9.06. The number of carbonyl (C=O) groups is 2. The van der Waals surface area contributed by atoms with Crippen LogP contribution in [0.3, 0.4) is 0 Å². The van der Waals surface area contributed by atoms with Gasteiger partial charge in [0.15, 0.2) is 5.69 Å². The first kappa shape index (κ1) is 29.2. The third-order valence-corrected chi connectivity index (χ3v) is 5.85. The fourth-order valence-corrected chi connectivity index (χ4v) is 3.93. The lowest BCUT2D eigenvalue weighted by molar-refractivity contribution is -0.274. The van der Waals surface area contributed by atoms with Gasteiger partial charge in [-0.2, -0.15) is 10.2 Å². The minimum absolute atomic E-state index is 0.000197. The van der Waals surface area contributed by atoms with Crippen molar-refractivity contribution in [2.24, 2.45) is 0 Å². The van der Waals surface area contributed by atoms with Gasteiger partial charge in [0.25, 0.3) is 5.91 Å². The van der Waals surface area contributed by atoms with E-state index in [0.29, 0.717) is 34.6 Å². The normalized spacial score (nSPS) is 12.1. The van der Waals surface area contributed by atoms with Gasteiger partial charge in [0, 0.05) is 25.4 Å². The summed E-state index contributed by atoms with van der Waals surface area (Å²) in [5, 5.41) is 18.0. The summed E-state index contributed by atoms with van der Waals surface area (Å²) in [6, 6.07) is 12.1. The van der Waals surface area contributed by atoms with Crippen molar-refractivity contribution in [1.82, 2.24) is 35.5 Å². The molecular formula is C27H25F4N7O3. The van der Waals surface area contributed by atoms with E-state index in [1.807, 2.05) is 0 Å². The number of nitrogens with zero attached hydrogens (tertiary/aromatic N) is 6. The van der Waals surface area contributed by atoms with Crippen LogP contribution in [0, 0.1) is 0 Å². The van der Waals surface area contributed by atoms with E-state index in [9.17, 15) is 27.2 Å². The second-order valence-electron chi connectivity index (χ2n) is 9.06. The number of carbonyl (C=O) groups excluding carboxylic acids is 2. The van der Waals surface area contributed by atoms with E-state index >= 15 is 0 Å². The molecule has 1 amide bonds. The average molecular weight is 572 g/mol. The number of aromatic nitrogens is 6. The summed E-state index contributed by atoms with van der Waals surface area (Å²) < 4.78 is 57.3. The molecule has 3 aromatic heterocycles. The number of rotatable bonds is 12. The first-order chi connectivity index (χ1) is 19.6. The molecule has 10 nitrogen and oxygen atoms in total. The minimum Gasteiger partial charge on any atom is -0.406 e. The molecule has 0 spiro atoms. The summed E-state index contributed by atoms with van der Waals surface area (Å²) in [6.45, 7) is -0.0635. The number of ketones is 1. The van der Waals surface area contributed by atoms with Crippen LogP contribution in [-0.4, -0.2) is 61.4 Å². The molecule has 1 unspecified atom stereocenters. The van der Waals surface area contributed by atoms with Crippen molar-refractivity contribution in [2.45, 2.75) is 44.8 Å². The van der Waals surface area contributed by atoms with E-state index in [1.54, 1.807) is 30.3 Å². The molecule has 214 valence electrons. The Morgan fingerprint density at radius 2 is 1.71 bits per heavy atom. The predicted molar refractivity (Wildman–Crippen MR) is 137 cm³/mol. The molecule has 0 saturated carbocycles. The lowest BCUT2D eigenvalue weighted by Crippen LogP contribution is -2.18. The summed E-state index contributed by atoms with van der Waals surface area (Å²) in [5.41, 5.74) is 2.61. The third kappa shape index (κ3) is 8.88. The molecule has 0 radical (unpaired) electrons. The summed E-state index contributed by atoms with van der Waals surface area (Å²) in [6.07, 6.45) is -2.76. The molecule has 1 N–H and O–H groups in total. The highest BCUT2D eigenvalue weighted by atomic mass is 19.4. The first-order valence-corrected chi connectivity index (χ1v) is 12.5. The zero-order valence-electron chi connectivity index (χ0n) is 21.8. The second kappa shape index (κ2) is 13.1. The highest BCUT2D eigenvalue weighted by Gasteiger charge is 2.31. The highest BCUT2D eigenvalue weighted by Crippen LogP contribution is 2.28. The maximum absolute atomic E-state index is 14.4. The Kier molecular flexibility index (Phi) is 9.32. The Balaban J connectivity index is 1.27. The van der Waals surface area contributed by atoms with Crippen LogP contribution in [-0.2, 0) is 30.6 Å². The van der Waals surface area contributed by atoms with Crippen LogP contribution in [0.2, 0.25) is 0 Å². The van der Waals surface area contributed by atoms with Gasteiger partial charge in [-0.25, -0.2) is 9.07 Å². The van der Waals surface area contributed by atoms with Gasteiger partial charge in [0.05, 0.1) is 30.6 Å². The molecule has 4 aromatic rings. The largest absolute Gasteiger partial charge is 0.573 e. The zero-order chi connectivity index (χ0) is 29.4. The predicted octanol–water partition coefficient (Wildman–Crippen LogP) is 3.71. The molecule has 3 heterocycles. The number of pyridine rings is 1. The van der Waals surface area contributed by atoms with E-state index in [1.165, 1.54) is 42.3 Å². The maximum atomic E-state index is 14.4. The molecule has 14 heteroatoms. The molecule has 1 aromatic carbocycles. The Bertz CT molecular complexity index is 1490. The molecule has 41 heavy (non-hydrogen) atoms. The molecule has 0 bridgehead atoms. The van der Waals surface area contributed by atoms with Gasteiger partial charge >= 0.3 is 6.36 Å². The van der Waals surface area contributed by atoms with Gasteiger partial charge in [0.2, 0.25) is 0 Å². The molecule has 4 rings (SSSR count). The van der Waals surface area contributed by atoms with Gasteiger partial charge in [-0.05, 0) is 60.4 Å². The fraction of sp³-hybridized carbons (Fsp3) is 0.296. The zero-order valence-corrected chi connectivity index (χ0v) is 21.8.